The first-order valence-corrected chi connectivity index (χ1v) is 7.39. The van der Waals surface area contributed by atoms with Crippen molar-refractivity contribution in [3.8, 4) is 5.75 Å². The van der Waals surface area contributed by atoms with Crippen molar-refractivity contribution in [2.24, 2.45) is 5.92 Å². The molecule has 3 heteroatoms. The zero-order chi connectivity index (χ0) is 12.1. The molecule has 2 rings (SSSR count). The van der Waals surface area contributed by atoms with Gasteiger partial charge in [0.1, 0.15) is 5.75 Å². The predicted octanol–water partition coefficient (Wildman–Crippen LogP) is 3.10. The Morgan fingerprint density at radius 2 is 2.12 bits per heavy atom. The number of hydrogen-bond acceptors (Lipinski definition) is 3. The topological polar surface area (TPSA) is 21.3 Å². The molecule has 1 heterocycles. The van der Waals surface area contributed by atoms with E-state index in [0.29, 0.717) is 6.04 Å². The molecule has 1 N–H and O–H groups in total. The van der Waals surface area contributed by atoms with Gasteiger partial charge in [0.15, 0.2) is 0 Å². The molecule has 0 saturated carbocycles. The van der Waals surface area contributed by atoms with Crippen molar-refractivity contribution < 1.29 is 4.74 Å². The molecule has 94 valence electrons. The highest BCUT2D eigenvalue weighted by Crippen LogP contribution is 2.33. The number of benzene rings is 1. The van der Waals surface area contributed by atoms with Crippen LogP contribution in [0, 0.1) is 5.92 Å². The summed E-state index contributed by atoms with van der Waals surface area (Å²) in [7, 11) is 3.77. The van der Waals surface area contributed by atoms with E-state index in [4.69, 9.17) is 4.74 Å². The van der Waals surface area contributed by atoms with Gasteiger partial charge in [-0.1, -0.05) is 12.1 Å². The predicted molar refractivity (Wildman–Crippen MR) is 74.8 cm³/mol. The Balaban J connectivity index is 2.10. The summed E-state index contributed by atoms with van der Waals surface area (Å²) in [6, 6.07) is 8.94. The second-order valence-corrected chi connectivity index (χ2v) is 5.67. The number of rotatable bonds is 4. The second-order valence-electron chi connectivity index (χ2n) is 4.52. The van der Waals surface area contributed by atoms with Gasteiger partial charge in [0, 0.05) is 6.04 Å². The maximum Gasteiger partial charge on any atom is 0.118 e. The number of thioether (sulfide) groups is 1. The molecular formula is C14H21NOS. The third-order valence-corrected chi connectivity index (χ3v) is 4.69. The lowest BCUT2D eigenvalue weighted by molar-refractivity contribution is 0.383. The van der Waals surface area contributed by atoms with Crippen LogP contribution in [0.15, 0.2) is 24.3 Å². The quantitative estimate of drug-likeness (QED) is 0.888. The van der Waals surface area contributed by atoms with Gasteiger partial charge in [-0.25, -0.2) is 0 Å². The second kappa shape index (κ2) is 6.31. The SMILES string of the molecule is CNC(c1ccc(OC)cc1)C1CCCSC1. The lowest BCUT2D eigenvalue weighted by Gasteiger charge is -2.30. The average Bonchev–Trinajstić information content (AvgIpc) is 2.42. The van der Waals surface area contributed by atoms with Crippen LogP contribution in [0.5, 0.6) is 5.75 Å². The van der Waals surface area contributed by atoms with Crippen LogP contribution in [0.2, 0.25) is 0 Å². The van der Waals surface area contributed by atoms with Crippen molar-refractivity contribution in [1.29, 1.82) is 0 Å². The van der Waals surface area contributed by atoms with E-state index < -0.39 is 0 Å². The van der Waals surface area contributed by atoms with Crippen molar-refractivity contribution >= 4 is 11.8 Å². The molecule has 0 bridgehead atoms. The van der Waals surface area contributed by atoms with Crippen molar-refractivity contribution in [3.05, 3.63) is 29.8 Å². The molecule has 0 spiro atoms. The number of methoxy groups -OCH3 is 1. The summed E-state index contributed by atoms with van der Waals surface area (Å²) in [6.07, 6.45) is 2.69. The molecule has 1 aliphatic rings. The molecule has 2 nitrogen and oxygen atoms in total. The minimum atomic E-state index is 0.480. The van der Waals surface area contributed by atoms with Crippen LogP contribution in [0.4, 0.5) is 0 Å². The average molecular weight is 251 g/mol. The van der Waals surface area contributed by atoms with Gasteiger partial charge in [-0.2, -0.15) is 11.8 Å². The van der Waals surface area contributed by atoms with Crippen LogP contribution in [0.3, 0.4) is 0 Å². The standard InChI is InChI=1S/C14H21NOS/c1-15-14(12-4-3-9-17-10-12)11-5-7-13(16-2)8-6-11/h5-8,12,14-15H,3-4,9-10H2,1-2H3. The molecule has 1 aliphatic heterocycles. The highest BCUT2D eigenvalue weighted by Gasteiger charge is 2.23. The van der Waals surface area contributed by atoms with Gasteiger partial charge in [0.05, 0.1) is 7.11 Å². The van der Waals surface area contributed by atoms with Gasteiger partial charge in [0.2, 0.25) is 0 Å². The summed E-state index contributed by atoms with van der Waals surface area (Å²) >= 11 is 2.08. The maximum absolute atomic E-state index is 5.20. The highest BCUT2D eigenvalue weighted by molar-refractivity contribution is 7.99. The molecule has 1 aromatic carbocycles. The van der Waals surface area contributed by atoms with Crippen LogP contribution in [0.1, 0.15) is 24.4 Å². The van der Waals surface area contributed by atoms with E-state index in [-0.39, 0.29) is 0 Å². The summed E-state index contributed by atoms with van der Waals surface area (Å²) < 4.78 is 5.20. The van der Waals surface area contributed by atoms with Crippen molar-refractivity contribution in [1.82, 2.24) is 5.32 Å². The van der Waals surface area contributed by atoms with Gasteiger partial charge in [-0.3, -0.25) is 0 Å². The Morgan fingerprint density at radius 1 is 1.35 bits per heavy atom. The molecule has 2 atom stereocenters. The molecule has 0 amide bonds. The molecule has 1 saturated heterocycles. The molecule has 17 heavy (non-hydrogen) atoms. The van der Waals surface area contributed by atoms with Crippen LogP contribution in [0.25, 0.3) is 0 Å². The molecule has 1 fully saturated rings. The van der Waals surface area contributed by atoms with E-state index >= 15 is 0 Å². The molecule has 0 aliphatic carbocycles. The van der Waals surface area contributed by atoms with Crippen LogP contribution < -0.4 is 10.1 Å². The van der Waals surface area contributed by atoms with Crippen LogP contribution >= 0.6 is 11.8 Å². The number of nitrogens with one attached hydrogen (secondary N) is 1. The fourth-order valence-electron chi connectivity index (χ4n) is 2.51. The van der Waals surface area contributed by atoms with Crippen molar-refractivity contribution in [2.45, 2.75) is 18.9 Å². The normalized spacial score (nSPS) is 22.1. The minimum absolute atomic E-state index is 0.480. The minimum Gasteiger partial charge on any atom is -0.497 e. The summed E-state index contributed by atoms with van der Waals surface area (Å²) in [4.78, 5) is 0. The van der Waals surface area contributed by atoms with E-state index in [0.717, 1.165) is 11.7 Å². The Hall–Kier alpha value is -0.670. The number of hydrogen-bond donors (Lipinski definition) is 1. The van der Waals surface area contributed by atoms with Crippen LogP contribution in [-0.2, 0) is 0 Å². The monoisotopic (exact) mass is 251 g/mol. The third-order valence-electron chi connectivity index (χ3n) is 3.45. The summed E-state index contributed by atoms with van der Waals surface area (Å²) in [5.41, 5.74) is 1.38. The highest BCUT2D eigenvalue weighted by atomic mass is 32.2. The first-order valence-electron chi connectivity index (χ1n) is 6.24. The van der Waals surface area contributed by atoms with E-state index in [1.807, 2.05) is 0 Å². The lowest BCUT2D eigenvalue weighted by Crippen LogP contribution is -2.28. The van der Waals surface area contributed by atoms with Gasteiger partial charge in [-0.05, 0) is 55.0 Å². The molecule has 1 aromatic rings. The Bertz CT molecular complexity index is 333. The van der Waals surface area contributed by atoms with Gasteiger partial charge >= 0.3 is 0 Å². The van der Waals surface area contributed by atoms with E-state index in [9.17, 15) is 0 Å². The lowest BCUT2D eigenvalue weighted by atomic mass is 9.90. The van der Waals surface area contributed by atoms with Crippen LogP contribution in [-0.4, -0.2) is 25.7 Å². The largest absolute Gasteiger partial charge is 0.497 e. The summed E-state index contributed by atoms with van der Waals surface area (Å²) in [5, 5.41) is 3.47. The molecule has 2 unspecified atom stereocenters. The van der Waals surface area contributed by atoms with Gasteiger partial charge < -0.3 is 10.1 Å². The zero-order valence-corrected chi connectivity index (χ0v) is 11.4. The van der Waals surface area contributed by atoms with E-state index in [1.165, 1.54) is 29.9 Å². The van der Waals surface area contributed by atoms with Gasteiger partial charge in [0.25, 0.3) is 0 Å². The van der Waals surface area contributed by atoms with E-state index in [2.05, 4.69) is 48.4 Å². The third kappa shape index (κ3) is 3.17. The maximum atomic E-state index is 5.20. The van der Waals surface area contributed by atoms with Crippen molar-refractivity contribution in [3.63, 3.8) is 0 Å². The smallest absolute Gasteiger partial charge is 0.118 e. The fraction of sp³-hybridized carbons (Fsp3) is 0.571. The molecular weight excluding hydrogens is 230 g/mol. The fourth-order valence-corrected chi connectivity index (χ4v) is 3.71. The molecule has 0 aromatic heterocycles. The van der Waals surface area contributed by atoms with Crippen molar-refractivity contribution in [2.75, 3.05) is 25.7 Å². The Kier molecular flexibility index (Phi) is 4.75. The Morgan fingerprint density at radius 3 is 2.65 bits per heavy atom. The van der Waals surface area contributed by atoms with E-state index in [1.54, 1.807) is 7.11 Å². The first-order chi connectivity index (χ1) is 8.35. The zero-order valence-electron chi connectivity index (χ0n) is 10.6. The Labute approximate surface area is 108 Å². The number of ether oxygens (including phenoxy) is 1. The summed E-state index contributed by atoms with van der Waals surface area (Å²) in [6.45, 7) is 0. The first kappa shape index (κ1) is 12.8. The summed E-state index contributed by atoms with van der Waals surface area (Å²) in [5.74, 6) is 4.29. The van der Waals surface area contributed by atoms with Gasteiger partial charge in [-0.15, -0.1) is 0 Å². The molecule has 0 radical (unpaired) electrons.